The van der Waals surface area contributed by atoms with Crippen molar-refractivity contribution >= 4 is 10.0 Å². The van der Waals surface area contributed by atoms with Crippen molar-refractivity contribution in [2.24, 2.45) is 0 Å². The van der Waals surface area contributed by atoms with Crippen LogP contribution in [0, 0.1) is 11.6 Å². The van der Waals surface area contributed by atoms with Gasteiger partial charge in [-0.3, -0.25) is 0 Å². The van der Waals surface area contributed by atoms with E-state index in [2.05, 4.69) is 0 Å². The van der Waals surface area contributed by atoms with Crippen molar-refractivity contribution in [1.29, 1.82) is 0 Å². The Kier molecular flexibility index (Phi) is 5.88. The standard InChI is InChI=1S/C15H21F2NO3S/c1-2-18(11-13-14(16)6-3-7-15(13)17)22(19,20)10-8-12-5-4-9-21-12/h3,6-7,12H,2,4-5,8-11H2,1H3. The highest BCUT2D eigenvalue weighted by atomic mass is 32.2. The first-order valence-corrected chi connectivity index (χ1v) is 9.07. The van der Waals surface area contributed by atoms with E-state index < -0.39 is 21.7 Å². The van der Waals surface area contributed by atoms with Gasteiger partial charge >= 0.3 is 0 Å². The predicted molar refractivity (Wildman–Crippen MR) is 79.8 cm³/mol. The fourth-order valence-electron chi connectivity index (χ4n) is 2.55. The summed E-state index contributed by atoms with van der Waals surface area (Å²) in [6, 6.07) is 3.52. The van der Waals surface area contributed by atoms with Crippen molar-refractivity contribution in [2.45, 2.75) is 38.8 Å². The van der Waals surface area contributed by atoms with Gasteiger partial charge < -0.3 is 4.74 Å². The lowest BCUT2D eigenvalue weighted by Gasteiger charge is -2.22. The van der Waals surface area contributed by atoms with Gasteiger partial charge in [-0.15, -0.1) is 0 Å². The van der Waals surface area contributed by atoms with Gasteiger partial charge in [0.15, 0.2) is 0 Å². The molecule has 0 radical (unpaired) electrons. The Morgan fingerprint density at radius 3 is 2.55 bits per heavy atom. The lowest BCUT2D eigenvalue weighted by Crippen LogP contribution is -2.34. The molecule has 1 unspecified atom stereocenters. The summed E-state index contributed by atoms with van der Waals surface area (Å²) < 4.78 is 58.6. The van der Waals surface area contributed by atoms with Crippen molar-refractivity contribution in [3.05, 3.63) is 35.4 Å². The van der Waals surface area contributed by atoms with Gasteiger partial charge in [0.2, 0.25) is 10.0 Å². The monoisotopic (exact) mass is 333 g/mol. The Labute approximate surface area is 130 Å². The van der Waals surface area contributed by atoms with Crippen LogP contribution < -0.4 is 0 Å². The van der Waals surface area contributed by atoms with E-state index in [1.165, 1.54) is 6.07 Å². The van der Waals surface area contributed by atoms with Crippen LogP contribution in [0.4, 0.5) is 8.78 Å². The molecule has 0 aromatic heterocycles. The zero-order chi connectivity index (χ0) is 16.2. The molecule has 124 valence electrons. The van der Waals surface area contributed by atoms with E-state index in [0.29, 0.717) is 13.0 Å². The molecule has 0 bridgehead atoms. The molecule has 1 aromatic rings. The molecular weight excluding hydrogens is 312 g/mol. The normalized spacial score (nSPS) is 19.0. The van der Waals surface area contributed by atoms with E-state index >= 15 is 0 Å². The largest absolute Gasteiger partial charge is 0.378 e. The van der Waals surface area contributed by atoms with E-state index in [1.54, 1.807) is 6.92 Å². The minimum atomic E-state index is -3.57. The molecule has 1 aliphatic heterocycles. The topological polar surface area (TPSA) is 46.6 Å². The number of nitrogens with zero attached hydrogens (tertiary/aromatic N) is 1. The van der Waals surface area contributed by atoms with Crippen LogP contribution in [0.1, 0.15) is 31.7 Å². The minimum Gasteiger partial charge on any atom is -0.378 e. The van der Waals surface area contributed by atoms with Crippen LogP contribution >= 0.6 is 0 Å². The first-order chi connectivity index (χ1) is 10.4. The van der Waals surface area contributed by atoms with Gasteiger partial charge in [-0.1, -0.05) is 13.0 Å². The molecule has 1 saturated heterocycles. The average molecular weight is 333 g/mol. The van der Waals surface area contributed by atoms with Gasteiger partial charge in [0, 0.05) is 25.3 Å². The van der Waals surface area contributed by atoms with Crippen LogP contribution in [0.15, 0.2) is 18.2 Å². The second-order valence-corrected chi connectivity index (χ2v) is 7.45. The highest BCUT2D eigenvalue weighted by Gasteiger charge is 2.26. The fraction of sp³-hybridized carbons (Fsp3) is 0.600. The summed E-state index contributed by atoms with van der Waals surface area (Å²) >= 11 is 0. The lowest BCUT2D eigenvalue weighted by molar-refractivity contribution is 0.108. The molecule has 0 saturated carbocycles. The number of hydrogen-bond acceptors (Lipinski definition) is 3. The molecule has 1 heterocycles. The molecule has 1 aliphatic rings. The summed E-state index contributed by atoms with van der Waals surface area (Å²) in [5.41, 5.74) is -0.218. The van der Waals surface area contributed by atoms with E-state index in [9.17, 15) is 17.2 Å². The second-order valence-electron chi connectivity index (χ2n) is 5.37. The SMILES string of the molecule is CCN(Cc1c(F)cccc1F)S(=O)(=O)CCC1CCCO1. The van der Waals surface area contributed by atoms with Gasteiger partial charge in [-0.05, 0) is 31.4 Å². The highest BCUT2D eigenvalue weighted by Crippen LogP contribution is 2.20. The van der Waals surface area contributed by atoms with Gasteiger partial charge in [0.05, 0.1) is 11.9 Å². The van der Waals surface area contributed by atoms with Crippen LogP contribution in [0.25, 0.3) is 0 Å². The van der Waals surface area contributed by atoms with Crippen molar-refractivity contribution < 1.29 is 21.9 Å². The molecule has 7 heteroatoms. The summed E-state index contributed by atoms with van der Waals surface area (Å²) in [5.74, 6) is -1.53. The number of halogens is 2. The average Bonchev–Trinajstić information content (AvgIpc) is 2.98. The first kappa shape index (κ1) is 17.3. The Bertz CT molecular complexity index is 581. The molecule has 2 rings (SSSR count). The molecule has 0 N–H and O–H groups in total. The van der Waals surface area contributed by atoms with Gasteiger partial charge in [0.25, 0.3) is 0 Å². The summed E-state index contributed by atoms with van der Waals surface area (Å²) in [5, 5.41) is 0. The molecule has 0 aliphatic carbocycles. The maximum atomic E-state index is 13.7. The van der Waals surface area contributed by atoms with Crippen molar-refractivity contribution in [2.75, 3.05) is 18.9 Å². The Morgan fingerprint density at radius 2 is 2.00 bits per heavy atom. The predicted octanol–water partition coefficient (Wildman–Crippen LogP) is 2.69. The van der Waals surface area contributed by atoms with Crippen LogP contribution in [-0.2, 0) is 21.3 Å². The van der Waals surface area contributed by atoms with Gasteiger partial charge in [0.1, 0.15) is 11.6 Å². The zero-order valence-electron chi connectivity index (χ0n) is 12.6. The Balaban J connectivity index is 2.05. The van der Waals surface area contributed by atoms with Crippen LogP contribution in [0.5, 0.6) is 0 Å². The fourth-order valence-corrected chi connectivity index (χ4v) is 4.09. The van der Waals surface area contributed by atoms with E-state index in [0.717, 1.165) is 29.3 Å². The summed E-state index contributed by atoms with van der Waals surface area (Å²) in [6.07, 6.45) is 2.20. The third-order valence-corrected chi connectivity index (χ3v) is 5.79. The Hall–Kier alpha value is -1.05. The second kappa shape index (κ2) is 7.48. The molecule has 1 fully saturated rings. The maximum absolute atomic E-state index is 13.7. The zero-order valence-corrected chi connectivity index (χ0v) is 13.4. The molecule has 22 heavy (non-hydrogen) atoms. The summed E-state index contributed by atoms with van der Waals surface area (Å²) in [4.78, 5) is 0. The maximum Gasteiger partial charge on any atom is 0.214 e. The molecule has 4 nitrogen and oxygen atoms in total. The minimum absolute atomic E-state index is 0.0290. The lowest BCUT2D eigenvalue weighted by atomic mass is 10.2. The van der Waals surface area contributed by atoms with Crippen LogP contribution in [0.3, 0.4) is 0 Å². The van der Waals surface area contributed by atoms with Crippen molar-refractivity contribution in [3.63, 3.8) is 0 Å². The number of ether oxygens (including phenoxy) is 1. The van der Waals surface area contributed by atoms with Crippen molar-refractivity contribution in [1.82, 2.24) is 4.31 Å². The van der Waals surface area contributed by atoms with Crippen LogP contribution in [0.2, 0.25) is 0 Å². The number of sulfonamides is 1. The van der Waals surface area contributed by atoms with Gasteiger partial charge in [-0.2, -0.15) is 4.31 Å². The highest BCUT2D eigenvalue weighted by molar-refractivity contribution is 7.89. The number of rotatable bonds is 7. The molecule has 1 atom stereocenters. The summed E-state index contributed by atoms with van der Waals surface area (Å²) in [7, 11) is -3.57. The Morgan fingerprint density at radius 1 is 1.32 bits per heavy atom. The van der Waals surface area contributed by atoms with Gasteiger partial charge in [-0.25, -0.2) is 17.2 Å². The number of hydrogen-bond donors (Lipinski definition) is 0. The molecule has 0 spiro atoms. The van der Waals surface area contributed by atoms with E-state index in [1.807, 2.05) is 0 Å². The van der Waals surface area contributed by atoms with Crippen molar-refractivity contribution in [3.8, 4) is 0 Å². The molecule has 1 aromatic carbocycles. The third-order valence-electron chi connectivity index (χ3n) is 3.86. The van der Waals surface area contributed by atoms with E-state index in [4.69, 9.17) is 4.74 Å². The third kappa shape index (κ3) is 4.24. The summed E-state index contributed by atoms with van der Waals surface area (Å²) in [6.45, 7) is 2.20. The number of benzene rings is 1. The molecular formula is C15H21F2NO3S. The smallest absolute Gasteiger partial charge is 0.214 e. The molecule has 0 amide bonds. The first-order valence-electron chi connectivity index (χ1n) is 7.46. The van der Waals surface area contributed by atoms with Crippen LogP contribution in [-0.4, -0.2) is 37.7 Å². The quantitative estimate of drug-likeness (QED) is 0.771. The van der Waals surface area contributed by atoms with E-state index in [-0.39, 0.29) is 30.5 Å².